The van der Waals surface area contributed by atoms with Crippen molar-refractivity contribution in [2.45, 2.75) is 17.4 Å². The fourth-order valence-electron chi connectivity index (χ4n) is 2.36. The number of nitro groups is 1. The van der Waals surface area contributed by atoms with E-state index in [0.717, 1.165) is 40.7 Å². The Labute approximate surface area is 165 Å². The highest BCUT2D eigenvalue weighted by Crippen LogP contribution is 2.26. The number of sulfonamides is 1. The predicted octanol–water partition coefficient (Wildman–Crippen LogP) is 3.41. The molecule has 0 fully saturated rings. The summed E-state index contributed by atoms with van der Waals surface area (Å²) in [6.45, 7) is -0.270. The van der Waals surface area contributed by atoms with Crippen molar-refractivity contribution < 1.29 is 26.5 Å². The molecule has 0 heterocycles. The number of hydrogen-bond donors (Lipinski definition) is 1. The first-order chi connectivity index (χ1) is 12.5. The minimum absolute atomic E-state index is 0. The maximum absolute atomic E-state index is 13.4. The minimum Gasteiger partial charge on any atom is -0.323 e. The molecule has 0 aromatic heterocycles. The summed E-state index contributed by atoms with van der Waals surface area (Å²) in [6, 6.07) is 6.24. The Morgan fingerprint density at radius 3 is 2.25 bits per heavy atom. The van der Waals surface area contributed by atoms with Crippen LogP contribution in [-0.2, 0) is 10.0 Å². The van der Waals surface area contributed by atoms with E-state index in [1.54, 1.807) is 0 Å². The molecule has 2 aromatic rings. The number of benzene rings is 2. The van der Waals surface area contributed by atoms with E-state index >= 15 is 0 Å². The lowest BCUT2D eigenvalue weighted by Crippen LogP contribution is -2.34. The number of nitrogens with two attached hydrogens (primary N) is 1. The van der Waals surface area contributed by atoms with Crippen LogP contribution in [0.4, 0.5) is 18.9 Å². The number of nitrogens with zero attached hydrogens (tertiary/aromatic N) is 2. The fraction of sp³-hybridized carbons (Fsp3) is 0.250. The molecular weight excluding hydrogens is 423 g/mol. The molecule has 2 aromatic carbocycles. The number of alkyl halides is 2. The normalized spacial score (nSPS) is 12.7. The van der Waals surface area contributed by atoms with E-state index in [1.165, 1.54) is 13.1 Å². The summed E-state index contributed by atoms with van der Waals surface area (Å²) in [7, 11) is -2.78. The summed E-state index contributed by atoms with van der Waals surface area (Å²) >= 11 is 0. The zero-order valence-corrected chi connectivity index (χ0v) is 16.1. The van der Waals surface area contributed by atoms with Crippen LogP contribution in [0, 0.1) is 15.9 Å². The summed E-state index contributed by atoms with van der Waals surface area (Å²) < 4.78 is 64.9. The minimum atomic E-state index is -4.01. The number of rotatable bonds is 7. The Bertz CT molecular complexity index is 943. The summed E-state index contributed by atoms with van der Waals surface area (Å²) in [6.07, 6.45) is -3.03. The van der Waals surface area contributed by atoms with Crippen molar-refractivity contribution in [1.29, 1.82) is 0 Å². The predicted molar refractivity (Wildman–Crippen MR) is 98.4 cm³/mol. The SMILES string of the molecule is CN(C[C@H](N)c1ccc(F)c(C(F)F)c1)S(=O)(=O)c1ccc([N+](=O)[O-])cc1.Cl. The summed E-state index contributed by atoms with van der Waals surface area (Å²) in [4.78, 5) is 9.80. The first-order valence-corrected chi connectivity index (χ1v) is 9.02. The third kappa shape index (κ3) is 5.19. The third-order valence-corrected chi connectivity index (χ3v) is 5.73. The molecule has 0 bridgehead atoms. The molecule has 12 heteroatoms. The number of halogens is 4. The van der Waals surface area contributed by atoms with Gasteiger partial charge in [0.2, 0.25) is 10.0 Å². The van der Waals surface area contributed by atoms with Crippen LogP contribution < -0.4 is 5.73 Å². The molecule has 154 valence electrons. The van der Waals surface area contributed by atoms with Crippen molar-refractivity contribution in [3.8, 4) is 0 Å². The molecule has 0 saturated heterocycles. The molecule has 0 saturated carbocycles. The van der Waals surface area contributed by atoms with Crippen molar-refractivity contribution in [3.63, 3.8) is 0 Å². The maximum atomic E-state index is 13.4. The monoisotopic (exact) mass is 439 g/mol. The Hall–Kier alpha value is -2.21. The Morgan fingerprint density at radius 1 is 1.18 bits per heavy atom. The summed E-state index contributed by atoms with van der Waals surface area (Å²) in [5.41, 5.74) is 4.96. The van der Waals surface area contributed by atoms with Crippen LogP contribution in [0.25, 0.3) is 0 Å². The molecule has 2 N–H and O–H groups in total. The molecule has 0 spiro atoms. The highest BCUT2D eigenvalue weighted by molar-refractivity contribution is 7.89. The second-order valence-electron chi connectivity index (χ2n) is 5.72. The molecule has 0 amide bonds. The van der Waals surface area contributed by atoms with Gasteiger partial charge in [-0.3, -0.25) is 10.1 Å². The second kappa shape index (κ2) is 9.32. The number of likely N-dealkylation sites (N-methyl/N-ethyl adjacent to an activating group) is 1. The molecule has 0 aliphatic heterocycles. The van der Waals surface area contributed by atoms with Crippen LogP contribution in [0.15, 0.2) is 47.4 Å². The molecule has 1 atom stereocenters. The van der Waals surface area contributed by atoms with Crippen molar-refractivity contribution in [2.24, 2.45) is 5.73 Å². The van der Waals surface area contributed by atoms with Crippen molar-refractivity contribution >= 4 is 28.1 Å². The van der Waals surface area contributed by atoms with Crippen LogP contribution in [0.5, 0.6) is 0 Å². The van der Waals surface area contributed by atoms with E-state index < -0.39 is 38.8 Å². The van der Waals surface area contributed by atoms with E-state index in [4.69, 9.17) is 5.73 Å². The van der Waals surface area contributed by atoms with Crippen LogP contribution in [0.3, 0.4) is 0 Å². The van der Waals surface area contributed by atoms with Gasteiger partial charge in [-0.15, -0.1) is 12.4 Å². The average Bonchev–Trinajstić information content (AvgIpc) is 2.61. The van der Waals surface area contributed by atoms with E-state index in [2.05, 4.69) is 0 Å². The lowest BCUT2D eigenvalue weighted by Gasteiger charge is -2.22. The van der Waals surface area contributed by atoms with Crippen molar-refractivity contribution in [1.82, 2.24) is 4.31 Å². The van der Waals surface area contributed by atoms with Gasteiger partial charge < -0.3 is 5.73 Å². The van der Waals surface area contributed by atoms with Gasteiger partial charge in [0.1, 0.15) is 5.82 Å². The lowest BCUT2D eigenvalue weighted by molar-refractivity contribution is -0.384. The van der Waals surface area contributed by atoms with Gasteiger partial charge in [0.15, 0.2) is 0 Å². The van der Waals surface area contributed by atoms with Gasteiger partial charge in [0, 0.05) is 31.8 Å². The maximum Gasteiger partial charge on any atom is 0.269 e. The quantitative estimate of drug-likeness (QED) is 0.525. The average molecular weight is 440 g/mol. The van der Waals surface area contributed by atoms with E-state index in [0.29, 0.717) is 0 Å². The summed E-state index contributed by atoms with van der Waals surface area (Å²) in [5, 5.41) is 10.6. The van der Waals surface area contributed by atoms with Gasteiger partial charge in [-0.05, 0) is 29.8 Å². The Morgan fingerprint density at radius 2 is 1.75 bits per heavy atom. The first kappa shape index (κ1) is 23.8. The number of hydrogen-bond acceptors (Lipinski definition) is 5. The third-order valence-electron chi connectivity index (χ3n) is 3.89. The van der Waals surface area contributed by atoms with Gasteiger partial charge >= 0.3 is 0 Å². The van der Waals surface area contributed by atoms with Crippen LogP contribution >= 0.6 is 12.4 Å². The number of non-ortho nitro benzene ring substituents is 1. The zero-order chi connectivity index (χ0) is 20.4. The molecule has 2 rings (SSSR count). The van der Waals surface area contributed by atoms with Gasteiger partial charge in [0.25, 0.3) is 12.1 Å². The fourth-order valence-corrected chi connectivity index (χ4v) is 3.56. The number of nitro benzene ring substituents is 1. The molecule has 28 heavy (non-hydrogen) atoms. The largest absolute Gasteiger partial charge is 0.323 e. The zero-order valence-electron chi connectivity index (χ0n) is 14.5. The van der Waals surface area contributed by atoms with E-state index in [-0.39, 0.29) is 35.1 Å². The summed E-state index contributed by atoms with van der Waals surface area (Å²) in [5.74, 6) is -1.08. The van der Waals surface area contributed by atoms with Gasteiger partial charge in [-0.1, -0.05) is 6.07 Å². The molecular formula is C16H17ClF3N3O4S. The van der Waals surface area contributed by atoms with Gasteiger partial charge in [-0.25, -0.2) is 21.6 Å². The standard InChI is InChI=1S/C16H16F3N3O4S.ClH/c1-21(27(25,26)12-5-3-11(4-6-12)22(23)24)9-15(20)10-2-7-14(17)13(8-10)16(18)19;/h2-8,15-16H,9,20H2,1H3;1H/t15-;/m0./s1. The molecule has 0 aliphatic carbocycles. The smallest absolute Gasteiger partial charge is 0.269 e. The molecule has 0 radical (unpaired) electrons. The topological polar surface area (TPSA) is 107 Å². The van der Waals surface area contributed by atoms with Gasteiger partial charge in [-0.2, -0.15) is 4.31 Å². The molecule has 0 aliphatic rings. The van der Waals surface area contributed by atoms with E-state index in [9.17, 15) is 31.7 Å². The highest BCUT2D eigenvalue weighted by Gasteiger charge is 2.25. The Kier molecular flexibility index (Phi) is 7.94. The van der Waals surface area contributed by atoms with Crippen LogP contribution in [0.2, 0.25) is 0 Å². The highest BCUT2D eigenvalue weighted by atomic mass is 35.5. The van der Waals surface area contributed by atoms with Crippen molar-refractivity contribution in [2.75, 3.05) is 13.6 Å². The van der Waals surface area contributed by atoms with Crippen LogP contribution in [0.1, 0.15) is 23.6 Å². The lowest BCUT2D eigenvalue weighted by atomic mass is 10.0. The van der Waals surface area contributed by atoms with Gasteiger partial charge in [0.05, 0.1) is 15.4 Å². The molecule has 7 nitrogen and oxygen atoms in total. The Balaban J connectivity index is 0.00000392. The van der Waals surface area contributed by atoms with Crippen LogP contribution in [-0.4, -0.2) is 31.2 Å². The molecule has 0 unspecified atom stereocenters. The van der Waals surface area contributed by atoms with Crippen molar-refractivity contribution in [3.05, 3.63) is 69.5 Å². The van der Waals surface area contributed by atoms with E-state index in [1.807, 2.05) is 0 Å². The second-order valence-corrected chi connectivity index (χ2v) is 7.77. The first-order valence-electron chi connectivity index (χ1n) is 7.58.